The molecule has 198 valence electrons. The smallest absolute Gasteiger partial charge is 0.295 e. The van der Waals surface area contributed by atoms with Crippen LogP contribution < -0.4 is 9.47 Å². The number of halogens is 1. The van der Waals surface area contributed by atoms with E-state index >= 15 is 0 Å². The highest BCUT2D eigenvalue weighted by atomic mass is 35.5. The zero-order valence-corrected chi connectivity index (χ0v) is 22.1. The van der Waals surface area contributed by atoms with Crippen molar-refractivity contribution in [2.45, 2.75) is 26.0 Å². The van der Waals surface area contributed by atoms with Crippen molar-refractivity contribution in [3.63, 3.8) is 0 Å². The Kier molecular flexibility index (Phi) is 9.05. The summed E-state index contributed by atoms with van der Waals surface area (Å²) in [5, 5.41) is 11.7. The number of rotatable bonds is 11. The molecule has 0 aliphatic carbocycles. The summed E-state index contributed by atoms with van der Waals surface area (Å²) in [5.41, 5.74) is 2.06. The van der Waals surface area contributed by atoms with Crippen molar-refractivity contribution in [2.75, 3.05) is 26.9 Å². The predicted octanol–water partition coefficient (Wildman–Crippen LogP) is 5.78. The molecule has 0 bridgehead atoms. The van der Waals surface area contributed by atoms with E-state index in [1.54, 1.807) is 49.6 Å². The molecular formula is C30H30ClNO6. The van der Waals surface area contributed by atoms with Gasteiger partial charge in [0.25, 0.3) is 11.7 Å². The molecule has 1 amide bonds. The largest absolute Gasteiger partial charge is 0.507 e. The second-order valence-corrected chi connectivity index (χ2v) is 9.17. The number of hydrogen-bond acceptors (Lipinski definition) is 6. The molecule has 3 aromatic rings. The Hall–Kier alpha value is -3.81. The van der Waals surface area contributed by atoms with Crippen molar-refractivity contribution in [1.29, 1.82) is 0 Å². The van der Waals surface area contributed by atoms with Gasteiger partial charge in [-0.25, -0.2) is 0 Å². The van der Waals surface area contributed by atoms with Gasteiger partial charge in [-0.3, -0.25) is 9.59 Å². The van der Waals surface area contributed by atoms with Crippen LogP contribution in [0.5, 0.6) is 11.5 Å². The van der Waals surface area contributed by atoms with Crippen LogP contribution in [0.1, 0.15) is 36.1 Å². The number of ketones is 1. The van der Waals surface area contributed by atoms with E-state index in [1.807, 2.05) is 37.3 Å². The minimum atomic E-state index is -0.777. The van der Waals surface area contributed by atoms with E-state index in [9.17, 15) is 14.7 Å². The van der Waals surface area contributed by atoms with Gasteiger partial charge < -0.3 is 24.2 Å². The first-order valence-corrected chi connectivity index (χ1v) is 12.8. The number of ether oxygens (including phenoxy) is 3. The molecule has 0 spiro atoms. The summed E-state index contributed by atoms with van der Waals surface area (Å²) in [6, 6.07) is 21.0. The minimum Gasteiger partial charge on any atom is -0.507 e. The first kappa shape index (κ1) is 27.2. The fraction of sp³-hybridized carbons (Fsp3) is 0.267. The van der Waals surface area contributed by atoms with Gasteiger partial charge in [0.1, 0.15) is 23.9 Å². The van der Waals surface area contributed by atoms with Gasteiger partial charge in [0.2, 0.25) is 0 Å². The highest BCUT2D eigenvalue weighted by Crippen LogP contribution is 2.41. The summed E-state index contributed by atoms with van der Waals surface area (Å²) >= 11 is 6.21. The molecule has 0 aromatic heterocycles. The number of likely N-dealkylation sites (tertiary alicyclic amines) is 1. The first-order valence-electron chi connectivity index (χ1n) is 12.4. The molecule has 0 radical (unpaired) electrons. The van der Waals surface area contributed by atoms with Gasteiger partial charge in [0.05, 0.1) is 23.2 Å². The maximum absolute atomic E-state index is 13.2. The number of nitrogens with zero attached hydrogens (tertiary/aromatic N) is 1. The summed E-state index contributed by atoms with van der Waals surface area (Å²) in [6.07, 6.45) is 0.535. The van der Waals surface area contributed by atoms with Gasteiger partial charge in [-0.15, -0.1) is 0 Å². The van der Waals surface area contributed by atoms with E-state index in [0.717, 1.165) is 5.56 Å². The zero-order valence-electron chi connectivity index (χ0n) is 21.4. The van der Waals surface area contributed by atoms with Gasteiger partial charge in [0, 0.05) is 25.8 Å². The Balaban J connectivity index is 1.69. The zero-order chi connectivity index (χ0) is 27.1. The standard InChI is InChI=1S/C30H30ClNO6/c1-3-37-25-18-22(12-15-24(25)31)28(33)26-27(32(16-7-17-36-2)30(35)29(26)34)21-10-13-23(14-11-21)38-19-20-8-5-4-6-9-20/h4-6,8-15,18,27,33H,3,7,16-17,19H2,1-2H3/b28-26-. The van der Waals surface area contributed by atoms with Crippen LogP contribution >= 0.6 is 11.6 Å². The van der Waals surface area contributed by atoms with Gasteiger partial charge >= 0.3 is 0 Å². The van der Waals surface area contributed by atoms with Crippen LogP contribution in [-0.2, 0) is 20.9 Å². The van der Waals surface area contributed by atoms with Crippen molar-refractivity contribution in [3.8, 4) is 11.5 Å². The summed E-state index contributed by atoms with van der Waals surface area (Å²) < 4.78 is 16.6. The van der Waals surface area contributed by atoms with Gasteiger partial charge in [-0.2, -0.15) is 0 Å². The van der Waals surface area contributed by atoms with E-state index in [0.29, 0.717) is 53.9 Å². The van der Waals surface area contributed by atoms with Gasteiger partial charge in [-0.05, 0) is 54.8 Å². The molecule has 8 heteroatoms. The maximum atomic E-state index is 13.2. The van der Waals surface area contributed by atoms with E-state index in [1.165, 1.54) is 4.90 Å². The van der Waals surface area contributed by atoms with Crippen molar-refractivity contribution in [1.82, 2.24) is 4.90 Å². The number of aliphatic hydroxyl groups is 1. The molecule has 1 aliphatic rings. The Labute approximate surface area is 227 Å². The van der Waals surface area contributed by atoms with Crippen LogP contribution in [0.3, 0.4) is 0 Å². The molecule has 7 nitrogen and oxygen atoms in total. The first-order chi connectivity index (χ1) is 18.4. The predicted molar refractivity (Wildman–Crippen MR) is 145 cm³/mol. The van der Waals surface area contributed by atoms with Crippen molar-refractivity contribution in [3.05, 3.63) is 100 Å². The SMILES string of the molecule is CCOc1cc(/C(O)=C2/C(=O)C(=O)N(CCCOC)C2c2ccc(OCc3ccccc3)cc2)ccc1Cl. The number of benzene rings is 3. The average molecular weight is 536 g/mol. The Morgan fingerprint density at radius 1 is 1.00 bits per heavy atom. The number of methoxy groups -OCH3 is 1. The fourth-order valence-electron chi connectivity index (χ4n) is 4.40. The molecule has 1 saturated heterocycles. The van der Waals surface area contributed by atoms with Gasteiger partial charge in [0.15, 0.2) is 0 Å². The Morgan fingerprint density at radius 2 is 1.74 bits per heavy atom. The second kappa shape index (κ2) is 12.6. The molecular weight excluding hydrogens is 506 g/mol. The third-order valence-corrected chi connectivity index (χ3v) is 6.55. The molecule has 1 fully saturated rings. The second-order valence-electron chi connectivity index (χ2n) is 8.76. The van der Waals surface area contributed by atoms with Crippen molar-refractivity contribution in [2.24, 2.45) is 0 Å². The van der Waals surface area contributed by atoms with E-state index < -0.39 is 17.7 Å². The van der Waals surface area contributed by atoms with Crippen molar-refractivity contribution < 1.29 is 28.9 Å². The maximum Gasteiger partial charge on any atom is 0.295 e. The lowest BCUT2D eigenvalue weighted by atomic mass is 9.95. The highest BCUT2D eigenvalue weighted by molar-refractivity contribution is 6.46. The molecule has 1 heterocycles. The van der Waals surface area contributed by atoms with Crippen LogP contribution in [0.15, 0.2) is 78.4 Å². The number of amides is 1. The summed E-state index contributed by atoms with van der Waals surface area (Å²) in [6.45, 7) is 3.33. The van der Waals surface area contributed by atoms with Crippen LogP contribution in [0.2, 0.25) is 5.02 Å². The molecule has 1 N–H and O–H groups in total. The lowest BCUT2D eigenvalue weighted by molar-refractivity contribution is -0.140. The Bertz CT molecular complexity index is 1310. The molecule has 1 atom stereocenters. The number of hydrogen-bond donors (Lipinski definition) is 1. The lowest BCUT2D eigenvalue weighted by Crippen LogP contribution is -2.31. The number of Topliss-reactive ketones (excluding diaryl/α,β-unsaturated/α-hetero) is 1. The number of carbonyl (C=O) groups excluding carboxylic acids is 2. The van der Waals surface area contributed by atoms with Crippen molar-refractivity contribution >= 4 is 29.1 Å². The third kappa shape index (κ3) is 6.01. The van der Waals surface area contributed by atoms with E-state index in [-0.39, 0.29) is 17.9 Å². The summed E-state index contributed by atoms with van der Waals surface area (Å²) in [7, 11) is 1.58. The quantitative estimate of drug-likeness (QED) is 0.145. The fourth-order valence-corrected chi connectivity index (χ4v) is 4.57. The molecule has 4 rings (SSSR count). The molecule has 1 aliphatic heterocycles. The lowest BCUT2D eigenvalue weighted by Gasteiger charge is -2.25. The summed E-state index contributed by atoms with van der Waals surface area (Å²) in [4.78, 5) is 27.8. The van der Waals surface area contributed by atoms with E-state index in [4.69, 9.17) is 25.8 Å². The normalized spacial score (nSPS) is 16.6. The molecule has 0 saturated carbocycles. The Morgan fingerprint density at radius 3 is 2.42 bits per heavy atom. The molecule has 38 heavy (non-hydrogen) atoms. The van der Waals surface area contributed by atoms with Crippen LogP contribution in [0.4, 0.5) is 0 Å². The van der Waals surface area contributed by atoms with Gasteiger partial charge in [-0.1, -0.05) is 54.1 Å². The van der Waals surface area contributed by atoms with Crippen LogP contribution in [0.25, 0.3) is 5.76 Å². The summed E-state index contributed by atoms with van der Waals surface area (Å²) in [5.74, 6) is -0.681. The molecule has 1 unspecified atom stereocenters. The topological polar surface area (TPSA) is 85.3 Å². The monoisotopic (exact) mass is 535 g/mol. The third-order valence-electron chi connectivity index (χ3n) is 6.24. The van der Waals surface area contributed by atoms with E-state index in [2.05, 4.69) is 0 Å². The molecule has 3 aromatic carbocycles. The number of carbonyl (C=O) groups is 2. The highest BCUT2D eigenvalue weighted by Gasteiger charge is 2.45. The van der Waals surface area contributed by atoms with Crippen LogP contribution in [-0.4, -0.2) is 48.6 Å². The number of aliphatic hydroxyl groups excluding tert-OH is 1. The average Bonchev–Trinajstić information content (AvgIpc) is 3.19. The minimum absolute atomic E-state index is 0.00939. The van der Waals surface area contributed by atoms with Crippen LogP contribution in [0, 0.1) is 0 Å².